The maximum Gasteiger partial charge on any atom is 0.340 e. The summed E-state index contributed by atoms with van der Waals surface area (Å²) >= 11 is 0. The summed E-state index contributed by atoms with van der Waals surface area (Å²) in [6, 6.07) is 11.5. The molecule has 162 valence electrons. The first-order valence-corrected chi connectivity index (χ1v) is 10.4. The molecule has 1 aromatic heterocycles. The van der Waals surface area contributed by atoms with Crippen molar-refractivity contribution in [2.24, 2.45) is 0 Å². The molecule has 0 aliphatic carbocycles. The third kappa shape index (κ3) is 4.15. The predicted molar refractivity (Wildman–Crippen MR) is 119 cm³/mol. The number of aryl methyl sites for hydroxylation is 2. The summed E-state index contributed by atoms with van der Waals surface area (Å²) in [6.45, 7) is 6.31. The first-order chi connectivity index (χ1) is 14.8. The molecular weight excluding hydrogens is 394 g/mol. The van der Waals surface area contributed by atoms with Crippen LogP contribution in [0.5, 0.6) is 11.5 Å². The van der Waals surface area contributed by atoms with Gasteiger partial charge >= 0.3 is 5.63 Å². The molecule has 1 N–H and O–H groups in total. The van der Waals surface area contributed by atoms with Gasteiger partial charge < -0.3 is 19.2 Å². The average molecular weight is 421 g/mol. The van der Waals surface area contributed by atoms with Crippen LogP contribution in [0.15, 0.2) is 45.6 Å². The molecule has 0 radical (unpaired) electrons. The fourth-order valence-electron chi connectivity index (χ4n) is 4.07. The molecule has 6 heteroatoms. The fraction of sp³-hybridized carbons (Fsp3) is 0.360. The predicted octanol–water partition coefficient (Wildman–Crippen LogP) is 4.07. The highest BCUT2D eigenvalue weighted by atomic mass is 16.5. The zero-order chi connectivity index (χ0) is 22.2. The molecule has 6 nitrogen and oxygen atoms in total. The number of hydrogen-bond donors (Lipinski definition) is 1. The van der Waals surface area contributed by atoms with Gasteiger partial charge in [-0.2, -0.15) is 0 Å². The monoisotopic (exact) mass is 421 g/mol. The summed E-state index contributed by atoms with van der Waals surface area (Å²) in [5.41, 5.74) is 2.60. The van der Waals surface area contributed by atoms with Crippen molar-refractivity contribution in [3.8, 4) is 11.5 Å². The van der Waals surface area contributed by atoms with Gasteiger partial charge in [0.25, 0.3) is 0 Å². The Balaban J connectivity index is 1.69. The van der Waals surface area contributed by atoms with E-state index in [0.29, 0.717) is 34.8 Å². The summed E-state index contributed by atoms with van der Waals surface area (Å²) in [7, 11) is 1.58. The first-order valence-electron chi connectivity index (χ1n) is 10.4. The summed E-state index contributed by atoms with van der Waals surface area (Å²) in [5.74, 6) is 1.01. The van der Waals surface area contributed by atoms with Gasteiger partial charge in [-0.3, -0.25) is 4.79 Å². The molecule has 0 atom stereocenters. The number of amides is 1. The number of ether oxygens (including phenoxy) is 2. The van der Waals surface area contributed by atoms with Crippen molar-refractivity contribution in [3.63, 3.8) is 0 Å². The normalized spacial score (nSPS) is 14.6. The third-order valence-corrected chi connectivity index (χ3v) is 5.83. The molecule has 31 heavy (non-hydrogen) atoms. The van der Waals surface area contributed by atoms with E-state index in [0.717, 1.165) is 29.4 Å². The van der Waals surface area contributed by atoms with E-state index in [-0.39, 0.29) is 17.9 Å². The van der Waals surface area contributed by atoms with Crippen molar-refractivity contribution in [3.05, 3.63) is 69.1 Å². The largest absolute Gasteiger partial charge is 0.496 e. The molecular formula is C25H27NO5. The van der Waals surface area contributed by atoms with Crippen LogP contribution in [-0.4, -0.2) is 18.6 Å². The number of methoxy groups -OCH3 is 1. The Labute approximate surface area is 181 Å². The summed E-state index contributed by atoms with van der Waals surface area (Å²) < 4.78 is 17.5. The Kier molecular flexibility index (Phi) is 5.48. The van der Waals surface area contributed by atoms with Gasteiger partial charge in [0.15, 0.2) is 0 Å². The van der Waals surface area contributed by atoms with Crippen molar-refractivity contribution in [2.45, 2.75) is 52.2 Å². The van der Waals surface area contributed by atoms with Crippen molar-refractivity contribution < 1.29 is 18.7 Å². The lowest BCUT2D eigenvalue weighted by Gasteiger charge is -2.33. The molecule has 1 aliphatic heterocycles. The second-order valence-electron chi connectivity index (χ2n) is 8.55. The van der Waals surface area contributed by atoms with Crippen LogP contribution < -0.4 is 20.4 Å². The van der Waals surface area contributed by atoms with Gasteiger partial charge in [0.1, 0.15) is 22.7 Å². The van der Waals surface area contributed by atoms with Crippen LogP contribution in [0.2, 0.25) is 0 Å². The van der Waals surface area contributed by atoms with Crippen LogP contribution in [0.4, 0.5) is 0 Å². The summed E-state index contributed by atoms with van der Waals surface area (Å²) in [5, 5.41) is 3.58. The lowest BCUT2D eigenvalue weighted by Crippen LogP contribution is -2.32. The van der Waals surface area contributed by atoms with Crippen LogP contribution in [0.1, 0.15) is 42.5 Å². The topological polar surface area (TPSA) is 77.8 Å². The minimum Gasteiger partial charge on any atom is -0.496 e. The number of rotatable bonds is 5. The lowest BCUT2D eigenvalue weighted by molar-refractivity contribution is -0.120. The molecule has 0 spiro atoms. The highest BCUT2D eigenvalue weighted by molar-refractivity contribution is 5.93. The molecule has 4 rings (SSSR count). The van der Waals surface area contributed by atoms with Crippen molar-refractivity contribution in [1.29, 1.82) is 0 Å². The van der Waals surface area contributed by atoms with Crippen molar-refractivity contribution in [1.82, 2.24) is 5.32 Å². The van der Waals surface area contributed by atoms with E-state index >= 15 is 0 Å². The van der Waals surface area contributed by atoms with Crippen LogP contribution >= 0.6 is 0 Å². The van der Waals surface area contributed by atoms with E-state index in [1.165, 1.54) is 0 Å². The Bertz CT molecular complexity index is 1190. The molecule has 1 amide bonds. The minimum absolute atomic E-state index is 0.0549. The summed E-state index contributed by atoms with van der Waals surface area (Å²) in [4.78, 5) is 25.4. The van der Waals surface area contributed by atoms with Gasteiger partial charge in [-0.1, -0.05) is 30.3 Å². The van der Waals surface area contributed by atoms with Crippen LogP contribution in [0, 0.1) is 6.92 Å². The lowest BCUT2D eigenvalue weighted by atomic mass is 9.91. The van der Waals surface area contributed by atoms with E-state index in [2.05, 4.69) is 5.32 Å². The molecule has 3 aromatic rings. The van der Waals surface area contributed by atoms with Gasteiger partial charge in [0.05, 0.1) is 24.5 Å². The quantitative estimate of drug-likeness (QED) is 0.629. The van der Waals surface area contributed by atoms with Gasteiger partial charge in [-0.25, -0.2) is 4.79 Å². The number of carbonyl (C=O) groups excluding carboxylic acids is 1. The van der Waals surface area contributed by atoms with Gasteiger partial charge in [-0.15, -0.1) is 0 Å². The highest BCUT2D eigenvalue weighted by Crippen LogP contribution is 2.43. The van der Waals surface area contributed by atoms with Crippen LogP contribution in [0.3, 0.4) is 0 Å². The number of benzene rings is 2. The van der Waals surface area contributed by atoms with E-state index in [9.17, 15) is 9.59 Å². The standard InChI is InChI=1S/C25H27NO5/c1-15-18(12-21(27)26-14-16-8-6-5-7-9-16)24(28)30-23-17-10-11-25(2,3)31-19(17)13-20(29-4)22(15)23/h5-9,13H,10-12,14H2,1-4H3,(H,26,27). The highest BCUT2D eigenvalue weighted by Gasteiger charge is 2.31. The number of fused-ring (bicyclic) bond motifs is 3. The molecule has 0 unspecified atom stereocenters. The van der Waals surface area contributed by atoms with Gasteiger partial charge in [-0.05, 0) is 44.7 Å². The molecule has 0 fully saturated rings. The van der Waals surface area contributed by atoms with Gasteiger partial charge in [0.2, 0.25) is 5.91 Å². The van der Waals surface area contributed by atoms with Crippen molar-refractivity contribution in [2.75, 3.05) is 7.11 Å². The minimum atomic E-state index is -0.500. The number of hydrogen-bond acceptors (Lipinski definition) is 5. The van der Waals surface area contributed by atoms with E-state index < -0.39 is 5.63 Å². The molecule has 2 aromatic carbocycles. The third-order valence-electron chi connectivity index (χ3n) is 5.83. The van der Waals surface area contributed by atoms with Gasteiger partial charge in [0, 0.05) is 18.2 Å². The van der Waals surface area contributed by atoms with Crippen molar-refractivity contribution >= 4 is 16.9 Å². The second kappa shape index (κ2) is 8.10. The zero-order valence-electron chi connectivity index (χ0n) is 18.3. The molecule has 0 saturated carbocycles. The number of carbonyl (C=O) groups is 1. The Morgan fingerprint density at radius 3 is 2.68 bits per heavy atom. The summed E-state index contributed by atoms with van der Waals surface area (Å²) in [6.07, 6.45) is 1.50. The maximum absolute atomic E-state index is 12.8. The SMILES string of the molecule is COc1cc2c(c3oc(=O)c(CC(=O)NCc4ccccc4)c(C)c13)CCC(C)(C)O2. The Hall–Kier alpha value is -3.28. The van der Waals surface area contributed by atoms with E-state index in [4.69, 9.17) is 13.9 Å². The fourth-order valence-corrected chi connectivity index (χ4v) is 4.07. The molecule has 0 saturated heterocycles. The second-order valence-corrected chi connectivity index (χ2v) is 8.55. The molecule has 0 bridgehead atoms. The first kappa shape index (κ1) is 21.0. The van der Waals surface area contributed by atoms with E-state index in [1.54, 1.807) is 7.11 Å². The average Bonchev–Trinajstić information content (AvgIpc) is 2.74. The van der Waals surface area contributed by atoms with E-state index in [1.807, 2.05) is 57.2 Å². The zero-order valence-corrected chi connectivity index (χ0v) is 18.3. The Morgan fingerprint density at radius 2 is 1.97 bits per heavy atom. The Morgan fingerprint density at radius 1 is 1.23 bits per heavy atom. The molecule has 1 aliphatic rings. The van der Waals surface area contributed by atoms with Crippen LogP contribution in [0.25, 0.3) is 11.0 Å². The van der Waals surface area contributed by atoms with Crippen LogP contribution in [-0.2, 0) is 24.2 Å². The smallest absolute Gasteiger partial charge is 0.340 e. The maximum atomic E-state index is 12.8. The number of nitrogens with one attached hydrogen (secondary N) is 1. The molecule has 2 heterocycles.